The predicted octanol–water partition coefficient (Wildman–Crippen LogP) is 3.47. The minimum atomic E-state index is -3.34. The summed E-state index contributed by atoms with van der Waals surface area (Å²) in [5.41, 5.74) is 0.294. The highest BCUT2D eigenvalue weighted by Gasteiger charge is 2.58. The van der Waals surface area contributed by atoms with Gasteiger partial charge in [0.25, 0.3) is 0 Å². The highest BCUT2D eigenvalue weighted by atomic mass is 32.2. The molecule has 14 nitrogen and oxygen atoms in total. The number of methoxy groups -OCH3 is 1. The Balaban J connectivity index is 1.16. The van der Waals surface area contributed by atoms with Crippen LogP contribution in [0.2, 0.25) is 0 Å². The van der Waals surface area contributed by atoms with Crippen molar-refractivity contribution in [1.29, 1.82) is 0 Å². The number of rotatable bonds is 17. The lowest BCUT2D eigenvalue weighted by molar-refractivity contribution is -0.193. The maximum atomic E-state index is 14.5. The van der Waals surface area contributed by atoms with Crippen molar-refractivity contribution in [2.75, 3.05) is 61.3 Å². The second-order valence-corrected chi connectivity index (χ2v) is 23.6. The number of likely N-dealkylation sites (N-methyl/N-ethyl adjacent to an activating group) is 1. The first-order valence-electron chi connectivity index (χ1n) is 23.9. The van der Waals surface area contributed by atoms with E-state index in [1.165, 1.54) is 12.7 Å². The van der Waals surface area contributed by atoms with Crippen LogP contribution in [0.5, 0.6) is 0 Å². The fourth-order valence-corrected chi connectivity index (χ4v) is 14.5. The number of fused-ring (bicyclic) bond motifs is 2. The van der Waals surface area contributed by atoms with Gasteiger partial charge in [-0.2, -0.15) is 5.06 Å². The Labute approximate surface area is 368 Å². The summed E-state index contributed by atoms with van der Waals surface area (Å²) in [7, 11) is 6.70. The molecule has 0 aromatic rings. The van der Waals surface area contributed by atoms with Crippen LogP contribution in [0.1, 0.15) is 111 Å². The maximum Gasteiger partial charge on any atom is 0.240 e. The van der Waals surface area contributed by atoms with E-state index in [0.29, 0.717) is 36.3 Å². The van der Waals surface area contributed by atoms with Crippen molar-refractivity contribution in [3.63, 3.8) is 0 Å². The van der Waals surface area contributed by atoms with Crippen LogP contribution >= 0.6 is 0 Å². The second kappa shape index (κ2) is 20.4. The van der Waals surface area contributed by atoms with Crippen LogP contribution in [-0.2, 0) is 29.2 Å². The Morgan fingerprint density at radius 2 is 1.66 bits per heavy atom. The van der Waals surface area contributed by atoms with E-state index in [4.69, 9.17) is 9.57 Å². The summed E-state index contributed by atoms with van der Waals surface area (Å²) < 4.78 is 33.9. The first kappa shape index (κ1) is 49.0. The van der Waals surface area contributed by atoms with Crippen molar-refractivity contribution in [2.45, 2.75) is 160 Å². The summed E-state index contributed by atoms with van der Waals surface area (Å²) >= 11 is 0. The van der Waals surface area contributed by atoms with Gasteiger partial charge in [0.1, 0.15) is 12.1 Å². The molecule has 1 heterocycles. The lowest BCUT2D eigenvalue weighted by Gasteiger charge is -2.62. The van der Waals surface area contributed by atoms with Crippen molar-refractivity contribution in [2.24, 2.45) is 58.7 Å². The third-order valence-electron chi connectivity index (χ3n) is 17.0. The largest absolute Gasteiger partial charge is 0.394 e. The molecule has 2 bridgehead atoms. The van der Waals surface area contributed by atoms with Gasteiger partial charge in [0.15, 0.2) is 0 Å². The van der Waals surface area contributed by atoms with Crippen molar-refractivity contribution in [3.05, 3.63) is 0 Å². The van der Waals surface area contributed by atoms with Crippen molar-refractivity contribution in [1.82, 2.24) is 30.2 Å². The van der Waals surface area contributed by atoms with E-state index in [0.717, 1.165) is 77.0 Å². The molecule has 6 saturated carbocycles. The maximum absolute atomic E-state index is 14.5. The first-order valence-corrected chi connectivity index (χ1v) is 25.8. The summed E-state index contributed by atoms with van der Waals surface area (Å²) in [5.74, 6) is 1.38. The highest BCUT2D eigenvalue weighted by Crippen LogP contribution is 2.61. The van der Waals surface area contributed by atoms with Gasteiger partial charge in [0.05, 0.1) is 25.1 Å². The number of amides is 2. The molecule has 17 atom stereocenters. The van der Waals surface area contributed by atoms with Gasteiger partial charge >= 0.3 is 0 Å². The fraction of sp³-hybridized carbons (Fsp3) is 0.957. The molecular weight excluding hydrogens is 797 g/mol. The second-order valence-electron chi connectivity index (χ2n) is 21.8. The number of hydrogen-bond acceptors (Lipinski definition) is 11. The number of nitrogens with zero attached hydrogens (tertiary/aromatic N) is 3. The van der Waals surface area contributed by atoms with Gasteiger partial charge in [0, 0.05) is 62.1 Å². The average molecular weight is 881 g/mol. The number of hydrogen-bond donors (Lipinski definition) is 5. The smallest absolute Gasteiger partial charge is 0.240 e. The molecule has 7 aliphatic rings. The molecule has 1 aliphatic heterocycles. The average Bonchev–Trinajstić information content (AvgIpc) is 3.56. The first-order chi connectivity index (χ1) is 28.7. The quantitative estimate of drug-likeness (QED) is 0.145. The molecule has 352 valence electrons. The van der Waals surface area contributed by atoms with Crippen LogP contribution in [-0.4, -0.2) is 155 Å². The number of sulfonamides is 1. The summed E-state index contributed by atoms with van der Waals surface area (Å²) in [6.07, 6.45) is 11.7. The van der Waals surface area contributed by atoms with Crippen molar-refractivity contribution < 1.29 is 37.8 Å². The van der Waals surface area contributed by atoms with Crippen LogP contribution < -0.4 is 15.4 Å². The lowest BCUT2D eigenvalue weighted by Crippen LogP contribution is -2.62. The molecule has 0 aromatic heterocycles. The van der Waals surface area contributed by atoms with E-state index >= 15 is 0 Å². The van der Waals surface area contributed by atoms with E-state index in [9.17, 15) is 28.2 Å². The molecule has 2 amide bonds. The summed E-state index contributed by atoms with van der Waals surface area (Å²) in [6, 6.07) is -0.659. The molecule has 61 heavy (non-hydrogen) atoms. The predicted molar refractivity (Wildman–Crippen MR) is 237 cm³/mol. The van der Waals surface area contributed by atoms with E-state index < -0.39 is 34.2 Å². The normalized spacial score (nSPS) is 40.3. The van der Waals surface area contributed by atoms with E-state index in [2.05, 4.69) is 60.0 Å². The molecular formula is C46H84N6O8S. The SMILES string of the molecule is COC1C(CN2O[C@@H](CO)[C@H]([C@H](C)O)[C@H]2C(=O)N[C@H]2C[C@H]3C[C@@H]([C@@H]2C)C3(C)C)CCCC1C1CC(C(=O)N[C@@H](CC2CCCCC2NS(C)(=O)=O)CN(C)C)CC(N(C)C)C1. The Kier molecular flexibility index (Phi) is 16.4. The fourth-order valence-electron chi connectivity index (χ4n) is 13.6. The number of carbonyl (C=O) groups excluding carboxylic acids is 2. The van der Waals surface area contributed by atoms with Crippen LogP contribution in [0, 0.1) is 58.7 Å². The van der Waals surface area contributed by atoms with Gasteiger partial charge in [-0.3, -0.25) is 14.4 Å². The van der Waals surface area contributed by atoms with Crippen LogP contribution in [0.25, 0.3) is 0 Å². The Hall–Kier alpha value is -1.43. The summed E-state index contributed by atoms with van der Waals surface area (Å²) in [5, 5.41) is 30.2. The standard InChI is InChI=1S/C46H84N6O8S/c1-27-37-22-33(46(37,3)4)23-39(27)48-45(56)42-41(28(2)54)40(26-53)60-52(42)24-30-15-13-16-36(43(30)59-9)31-18-32(21-35(20-31)51(7)8)44(55)47-34(25-50(5)6)19-29-14-11-12-17-38(29)49-61(10,57)58/h27-43,49,53-54H,11-26H2,1-10H3,(H,47,55)(H,48,56)/t27-,28-,29?,30?,31?,32?,33+,34-,35?,36?,37-,38?,39-,40-,41-,42-,43?/m0/s1. The zero-order valence-corrected chi connectivity index (χ0v) is 40.0. The van der Waals surface area contributed by atoms with Gasteiger partial charge < -0.3 is 35.4 Å². The van der Waals surface area contributed by atoms with Gasteiger partial charge in [0.2, 0.25) is 21.8 Å². The third kappa shape index (κ3) is 11.3. The van der Waals surface area contributed by atoms with Crippen molar-refractivity contribution in [3.8, 4) is 0 Å². The molecule has 0 aromatic carbocycles. The molecule has 6 aliphatic carbocycles. The van der Waals surface area contributed by atoms with E-state index in [1.54, 1.807) is 19.1 Å². The molecule has 0 radical (unpaired) electrons. The minimum absolute atomic E-state index is 0.0497. The zero-order valence-electron chi connectivity index (χ0n) is 39.2. The number of carbonyl (C=O) groups is 2. The van der Waals surface area contributed by atoms with Gasteiger partial charge in [-0.05, 0) is 140 Å². The third-order valence-corrected chi connectivity index (χ3v) is 17.7. The van der Waals surface area contributed by atoms with Crippen LogP contribution in [0.4, 0.5) is 0 Å². The number of aliphatic hydroxyl groups excluding tert-OH is 2. The number of nitrogens with one attached hydrogen (secondary N) is 3. The number of aliphatic hydroxyl groups is 2. The van der Waals surface area contributed by atoms with E-state index in [-0.39, 0.29) is 78.3 Å². The molecule has 15 heteroatoms. The Morgan fingerprint density at radius 1 is 0.951 bits per heavy atom. The minimum Gasteiger partial charge on any atom is -0.394 e. The van der Waals surface area contributed by atoms with Gasteiger partial charge in [-0.1, -0.05) is 40.0 Å². The van der Waals surface area contributed by atoms with Gasteiger partial charge in [-0.15, -0.1) is 0 Å². The lowest BCUT2D eigenvalue weighted by atomic mass is 9.45. The molecule has 7 rings (SSSR count). The Morgan fingerprint density at radius 3 is 2.26 bits per heavy atom. The molecule has 8 unspecified atom stereocenters. The van der Waals surface area contributed by atoms with Crippen molar-refractivity contribution >= 4 is 21.8 Å². The number of hydroxylamine groups is 2. The highest BCUT2D eigenvalue weighted by molar-refractivity contribution is 7.88. The summed E-state index contributed by atoms with van der Waals surface area (Å²) in [4.78, 5) is 39.7. The summed E-state index contributed by atoms with van der Waals surface area (Å²) in [6.45, 7) is 9.50. The van der Waals surface area contributed by atoms with Crippen LogP contribution in [0.15, 0.2) is 0 Å². The molecule has 1 saturated heterocycles. The monoisotopic (exact) mass is 881 g/mol. The molecule has 0 spiro atoms. The van der Waals surface area contributed by atoms with E-state index in [1.807, 2.05) is 14.1 Å². The Bertz CT molecular complexity index is 1580. The number of ether oxygens (including phenoxy) is 1. The molecule has 5 N–H and O–H groups in total. The molecule has 7 fully saturated rings. The van der Waals surface area contributed by atoms with Crippen LogP contribution in [0.3, 0.4) is 0 Å². The van der Waals surface area contributed by atoms with Gasteiger partial charge in [-0.25, -0.2) is 13.1 Å². The zero-order chi connectivity index (χ0) is 44.6. The topological polar surface area (TPSA) is 173 Å².